The highest BCUT2D eigenvalue weighted by Crippen LogP contribution is 2.30. The fourth-order valence-electron chi connectivity index (χ4n) is 3.32. The molecular weight excluding hydrogens is 396 g/mol. The number of hydrogen-bond acceptors (Lipinski definition) is 5. The van der Waals surface area contributed by atoms with Gasteiger partial charge in [0.15, 0.2) is 11.0 Å². The van der Waals surface area contributed by atoms with Crippen molar-refractivity contribution in [2.24, 2.45) is 5.92 Å². The summed E-state index contributed by atoms with van der Waals surface area (Å²) in [6.07, 6.45) is 4.96. The first-order chi connectivity index (χ1) is 14.5. The van der Waals surface area contributed by atoms with Gasteiger partial charge in [0.2, 0.25) is 5.91 Å². The number of hydrogen-bond donors (Lipinski definition) is 1. The summed E-state index contributed by atoms with van der Waals surface area (Å²) < 4.78 is 7.43. The van der Waals surface area contributed by atoms with Crippen LogP contribution in [0.25, 0.3) is 17.1 Å². The quantitative estimate of drug-likeness (QED) is 0.448. The van der Waals surface area contributed by atoms with Crippen LogP contribution >= 0.6 is 11.8 Å². The molecule has 0 aliphatic carbocycles. The number of furan rings is 1. The molecule has 6 nitrogen and oxygen atoms in total. The van der Waals surface area contributed by atoms with E-state index in [-0.39, 0.29) is 11.9 Å². The number of amides is 1. The molecule has 1 aromatic carbocycles. The van der Waals surface area contributed by atoms with E-state index in [1.807, 2.05) is 47.9 Å². The standard InChI is InChI=1S/C23H30N4O2S/c1-16(2)9-8-10-17(3)24-21(28)15-30-23-26-25-22(20-13-14-29-18(20)4)27(23)19-11-6-5-7-12-19/h5-7,11-14,16-17H,8-10,15H2,1-4H3,(H,24,28)/t17-/m1/s1. The highest BCUT2D eigenvalue weighted by atomic mass is 32.2. The third-order valence-electron chi connectivity index (χ3n) is 4.91. The molecule has 0 aliphatic rings. The molecule has 3 rings (SSSR count). The Morgan fingerprint density at radius 1 is 1.13 bits per heavy atom. The lowest BCUT2D eigenvalue weighted by Gasteiger charge is -2.14. The van der Waals surface area contributed by atoms with Crippen molar-refractivity contribution in [3.8, 4) is 17.1 Å². The van der Waals surface area contributed by atoms with Gasteiger partial charge in [-0.1, -0.05) is 56.7 Å². The molecule has 0 aliphatic heterocycles. The summed E-state index contributed by atoms with van der Waals surface area (Å²) in [5, 5.41) is 12.5. The van der Waals surface area contributed by atoms with Crippen LogP contribution in [0.15, 0.2) is 52.2 Å². The number of thioether (sulfide) groups is 1. The Balaban J connectivity index is 1.70. The molecule has 0 unspecified atom stereocenters. The van der Waals surface area contributed by atoms with Crippen molar-refractivity contribution < 1.29 is 9.21 Å². The van der Waals surface area contributed by atoms with Gasteiger partial charge in [-0.15, -0.1) is 10.2 Å². The number of nitrogens with zero attached hydrogens (tertiary/aromatic N) is 3. The molecule has 0 spiro atoms. The number of nitrogens with one attached hydrogen (secondary N) is 1. The summed E-state index contributed by atoms with van der Waals surface area (Å²) in [6.45, 7) is 8.42. The number of benzene rings is 1. The van der Waals surface area contributed by atoms with E-state index >= 15 is 0 Å². The SMILES string of the molecule is Cc1occc1-c1nnc(SCC(=O)N[C@H](C)CCCC(C)C)n1-c1ccccc1. The van der Waals surface area contributed by atoms with Gasteiger partial charge < -0.3 is 9.73 Å². The van der Waals surface area contributed by atoms with Crippen LogP contribution in [0, 0.1) is 12.8 Å². The minimum absolute atomic E-state index is 0.0145. The van der Waals surface area contributed by atoms with E-state index in [4.69, 9.17) is 4.42 Å². The van der Waals surface area contributed by atoms with Crippen LogP contribution in [-0.2, 0) is 4.79 Å². The molecule has 3 aromatic rings. The van der Waals surface area contributed by atoms with Crippen LogP contribution in [0.2, 0.25) is 0 Å². The van der Waals surface area contributed by atoms with E-state index in [1.165, 1.54) is 18.2 Å². The molecule has 2 aromatic heterocycles. The monoisotopic (exact) mass is 426 g/mol. The van der Waals surface area contributed by atoms with Gasteiger partial charge in [0.25, 0.3) is 0 Å². The molecule has 30 heavy (non-hydrogen) atoms. The van der Waals surface area contributed by atoms with E-state index < -0.39 is 0 Å². The molecule has 0 bridgehead atoms. The molecule has 160 valence electrons. The van der Waals surface area contributed by atoms with E-state index in [9.17, 15) is 4.79 Å². The van der Waals surface area contributed by atoms with E-state index in [1.54, 1.807) is 6.26 Å². The fraction of sp³-hybridized carbons (Fsp3) is 0.435. The van der Waals surface area contributed by atoms with Crippen LogP contribution in [-0.4, -0.2) is 32.5 Å². The van der Waals surface area contributed by atoms with Gasteiger partial charge in [0.1, 0.15) is 5.76 Å². The van der Waals surface area contributed by atoms with Crippen LogP contribution in [0.3, 0.4) is 0 Å². The number of carbonyl (C=O) groups is 1. The summed E-state index contributed by atoms with van der Waals surface area (Å²) in [5.74, 6) is 2.49. The fourth-order valence-corrected chi connectivity index (χ4v) is 4.08. The first kappa shape index (κ1) is 22.2. The number of para-hydroxylation sites is 1. The smallest absolute Gasteiger partial charge is 0.230 e. The number of carbonyl (C=O) groups excluding carboxylic acids is 1. The molecular formula is C23H30N4O2S. The van der Waals surface area contributed by atoms with Crippen molar-refractivity contribution >= 4 is 17.7 Å². The predicted molar refractivity (Wildman–Crippen MR) is 121 cm³/mol. The zero-order valence-corrected chi connectivity index (χ0v) is 18.9. The second-order valence-corrected chi connectivity index (χ2v) is 8.89. The Labute approximate surface area is 182 Å². The largest absolute Gasteiger partial charge is 0.469 e. The van der Waals surface area contributed by atoms with Gasteiger partial charge in [0, 0.05) is 11.7 Å². The normalized spacial score (nSPS) is 12.3. The van der Waals surface area contributed by atoms with E-state index in [2.05, 4.69) is 36.3 Å². The van der Waals surface area contributed by atoms with Gasteiger partial charge in [-0.25, -0.2) is 0 Å². The highest BCUT2D eigenvalue weighted by Gasteiger charge is 2.20. The molecule has 0 radical (unpaired) electrons. The van der Waals surface area contributed by atoms with Crippen LogP contribution in [0.5, 0.6) is 0 Å². The highest BCUT2D eigenvalue weighted by molar-refractivity contribution is 7.99. The number of rotatable bonds is 10. The number of aromatic nitrogens is 3. The second-order valence-electron chi connectivity index (χ2n) is 7.95. The average molecular weight is 427 g/mol. The second kappa shape index (κ2) is 10.5. The summed E-state index contributed by atoms with van der Waals surface area (Å²) >= 11 is 1.39. The summed E-state index contributed by atoms with van der Waals surface area (Å²) in [4.78, 5) is 12.5. The van der Waals surface area contributed by atoms with Crippen LogP contribution in [0.1, 0.15) is 45.8 Å². The molecule has 0 fully saturated rings. The van der Waals surface area contributed by atoms with Gasteiger partial charge in [-0.2, -0.15) is 0 Å². The Hall–Kier alpha value is -2.54. The van der Waals surface area contributed by atoms with Gasteiger partial charge in [-0.3, -0.25) is 9.36 Å². The third-order valence-corrected chi connectivity index (χ3v) is 5.83. The van der Waals surface area contributed by atoms with Crippen molar-refractivity contribution in [2.45, 2.75) is 58.2 Å². The van der Waals surface area contributed by atoms with Gasteiger partial charge in [-0.05, 0) is 44.4 Å². The lowest BCUT2D eigenvalue weighted by molar-refractivity contribution is -0.119. The zero-order chi connectivity index (χ0) is 21.5. The van der Waals surface area contributed by atoms with Crippen molar-refractivity contribution in [3.05, 3.63) is 48.4 Å². The first-order valence-electron chi connectivity index (χ1n) is 10.4. The summed E-state index contributed by atoms with van der Waals surface area (Å²) in [5.41, 5.74) is 1.84. The zero-order valence-electron chi connectivity index (χ0n) is 18.1. The van der Waals surface area contributed by atoms with Crippen molar-refractivity contribution in [2.75, 3.05) is 5.75 Å². The van der Waals surface area contributed by atoms with Crippen molar-refractivity contribution in [3.63, 3.8) is 0 Å². The molecule has 1 atom stereocenters. The minimum atomic E-state index is 0.0145. The summed E-state index contributed by atoms with van der Waals surface area (Å²) in [7, 11) is 0. The van der Waals surface area contributed by atoms with Crippen molar-refractivity contribution in [1.82, 2.24) is 20.1 Å². The maximum Gasteiger partial charge on any atom is 0.230 e. The molecule has 1 N–H and O–H groups in total. The maximum atomic E-state index is 12.5. The average Bonchev–Trinajstić information content (AvgIpc) is 3.32. The molecule has 1 amide bonds. The van der Waals surface area contributed by atoms with Crippen LogP contribution < -0.4 is 5.32 Å². The van der Waals surface area contributed by atoms with Gasteiger partial charge in [0.05, 0.1) is 17.6 Å². The van der Waals surface area contributed by atoms with Crippen molar-refractivity contribution in [1.29, 1.82) is 0 Å². The topological polar surface area (TPSA) is 72.9 Å². The van der Waals surface area contributed by atoms with Crippen LogP contribution in [0.4, 0.5) is 0 Å². The molecule has 0 saturated heterocycles. The Morgan fingerprint density at radius 2 is 1.90 bits per heavy atom. The lowest BCUT2D eigenvalue weighted by Crippen LogP contribution is -2.33. The minimum Gasteiger partial charge on any atom is -0.469 e. The lowest BCUT2D eigenvalue weighted by atomic mass is 10.0. The summed E-state index contributed by atoms with van der Waals surface area (Å²) in [6, 6.07) is 12.0. The van der Waals surface area contributed by atoms with E-state index in [0.717, 1.165) is 29.9 Å². The Kier molecular flexibility index (Phi) is 7.74. The Bertz CT molecular complexity index is 949. The Morgan fingerprint density at radius 3 is 2.57 bits per heavy atom. The molecule has 2 heterocycles. The number of aryl methyl sites for hydroxylation is 1. The first-order valence-corrected chi connectivity index (χ1v) is 11.4. The maximum absolute atomic E-state index is 12.5. The van der Waals surface area contributed by atoms with Gasteiger partial charge >= 0.3 is 0 Å². The molecule has 7 heteroatoms. The third kappa shape index (κ3) is 5.75. The molecule has 0 saturated carbocycles. The predicted octanol–water partition coefficient (Wildman–Crippen LogP) is 5.26. The van der Waals surface area contributed by atoms with E-state index in [0.29, 0.717) is 22.7 Å².